The Morgan fingerprint density at radius 3 is 2.53 bits per heavy atom. The predicted octanol–water partition coefficient (Wildman–Crippen LogP) is 4.92. The monoisotopic (exact) mass is 303 g/mol. The molecule has 0 aliphatic rings. The van der Waals surface area contributed by atoms with Gasteiger partial charge in [-0.3, -0.25) is 4.98 Å². The molecule has 0 saturated carbocycles. The van der Waals surface area contributed by atoms with Gasteiger partial charge in [0.15, 0.2) is 0 Å². The first kappa shape index (κ1) is 11.2. The molecule has 0 aliphatic carbocycles. The van der Waals surface area contributed by atoms with Gasteiger partial charge in [0, 0.05) is 5.39 Å². The van der Waals surface area contributed by atoms with Gasteiger partial charge >= 0.3 is 0 Å². The topological polar surface area (TPSA) is 12.9 Å². The summed E-state index contributed by atoms with van der Waals surface area (Å²) in [4.78, 5) is 4.41. The van der Waals surface area contributed by atoms with Crippen molar-refractivity contribution >= 4 is 50.0 Å². The van der Waals surface area contributed by atoms with Gasteiger partial charge in [0.2, 0.25) is 0 Å². The van der Waals surface area contributed by atoms with Crippen LogP contribution in [0, 0.1) is 13.8 Å². The molecule has 0 saturated heterocycles. The van der Waals surface area contributed by atoms with Crippen LogP contribution in [0.15, 0.2) is 16.6 Å². The summed E-state index contributed by atoms with van der Waals surface area (Å²) in [7, 11) is 0. The molecule has 1 nitrogen and oxygen atoms in total. The molecule has 2 aromatic rings. The molecule has 0 radical (unpaired) electrons. The summed E-state index contributed by atoms with van der Waals surface area (Å²) in [5, 5.41) is 2.20. The van der Waals surface area contributed by atoms with Crippen LogP contribution in [0.2, 0.25) is 10.0 Å². The molecule has 1 aromatic carbocycles. The fraction of sp³-hybridized carbons (Fsp3) is 0.182. The molecule has 0 atom stereocenters. The molecule has 0 bridgehead atoms. The highest BCUT2D eigenvalue weighted by molar-refractivity contribution is 9.10. The Morgan fingerprint density at radius 2 is 1.87 bits per heavy atom. The van der Waals surface area contributed by atoms with E-state index >= 15 is 0 Å². The van der Waals surface area contributed by atoms with E-state index in [1.54, 1.807) is 0 Å². The third-order valence-electron chi connectivity index (χ3n) is 2.23. The Hall–Kier alpha value is -0.310. The first-order chi connectivity index (χ1) is 7.00. The van der Waals surface area contributed by atoms with E-state index in [2.05, 4.69) is 20.9 Å². The summed E-state index contributed by atoms with van der Waals surface area (Å²) in [5.74, 6) is 0. The van der Waals surface area contributed by atoms with Gasteiger partial charge in [-0.05, 0) is 47.5 Å². The van der Waals surface area contributed by atoms with Crippen molar-refractivity contribution in [3.63, 3.8) is 0 Å². The molecule has 2 rings (SSSR count). The normalized spacial score (nSPS) is 11.0. The molecule has 0 amide bonds. The minimum Gasteiger partial charge on any atom is -0.250 e. The van der Waals surface area contributed by atoms with E-state index in [0.717, 1.165) is 26.6 Å². The van der Waals surface area contributed by atoms with Crippen molar-refractivity contribution in [2.24, 2.45) is 0 Å². The Balaban J connectivity index is 2.98. The molecule has 15 heavy (non-hydrogen) atoms. The van der Waals surface area contributed by atoms with E-state index in [0.29, 0.717) is 10.0 Å². The van der Waals surface area contributed by atoms with Crippen molar-refractivity contribution in [2.75, 3.05) is 0 Å². The average Bonchev–Trinajstić information content (AvgIpc) is 2.17. The number of benzene rings is 1. The van der Waals surface area contributed by atoms with Gasteiger partial charge in [0.1, 0.15) is 0 Å². The SMILES string of the molecule is Cc1cc(Cl)c2nc(C)c(Br)c(Cl)c2c1. The predicted molar refractivity (Wildman–Crippen MR) is 68.9 cm³/mol. The van der Waals surface area contributed by atoms with Crippen LogP contribution < -0.4 is 0 Å². The van der Waals surface area contributed by atoms with Gasteiger partial charge < -0.3 is 0 Å². The van der Waals surface area contributed by atoms with E-state index in [9.17, 15) is 0 Å². The van der Waals surface area contributed by atoms with Crippen LogP contribution in [0.5, 0.6) is 0 Å². The number of hydrogen-bond donors (Lipinski definition) is 0. The number of hydrogen-bond acceptors (Lipinski definition) is 1. The zero-order valence-electron chi connectivity index (χ0n) is 8.24. The highest BCUT2D eigenvalue weighted by Gasteiger charge is 2.11. The highest BCUT2D eigenvalue weighted by atomic mass is 79.9. The molecule has 0 spiro atoms. The minimum absolute atomic E-state index is 0.641. The second-order valence-electron chi connectivity index (χ2n) is 3.47. The molecule has 4 heteroatoms. The number of rotatable bonds is 0. The van der Waals surface area contributed by atoms with Crippen LogP contribution in [-0.4, -0.2) is 4.98 Å². The summed E-state index contributed by atoms with van der Waals surface area (Å²) in [6.45, 7) is 3.88. The lowest BCUT2D eigenvalue weighted by Gasteiger charge is -2.08. The molecular weight excluding hydrogens is 297 g/mol. The van der Waals surface area contributed by atoms with Crippen molar-refractivity contribution < 1.29 is 0 Å². The Labute approximate surface area is 107 Å². The van der Waals surface area contributed by atoms with Gasteiger partial charge in [-0.25, -0.2) is 0 Å². The van der Waals surface area contributed by atoms with Gasteiger partial charge in [0.25, 0.3) is 0 Å². The summed E-state index contributed by atoms with van der Waals surface area (Å²) in [5.41, 5.74) is 2.68. The first-order valence-electron chi connectivity index (χ1n) is 4.42. The largest absolute Gasteiger partial charge is 0.250 e. The fourth-order valence-electron chi connectivity index (χ4n) is 1.51. The van der Waals surface area contributed by atoms with Crippen molar-refractivity contribution in [1.82, 2.24) is 4.98 Å². The number of halogens is 3. The molecule has 1 heterocycles. The summed E-state index contributed by atoms with van der Waals surface area (Å²) < 4.78 is 0.832. The van der Waals surface area contributed by atoms with Crippen LogP contribution in [0.25, 0.3) is 10.9 Å². The van der Waals surface area contributed by atoms with Crippen LogP contribution in [0.4, 0.5) is 0 Å². The van der Waals surface area contributed by atoms with E-state index in [1.165, 1.54) is 0 Å². The maximum Gasteiger partial charge on any atom is 0.0907 e. The lowest BCUT2D eigenvalue weighted by Crippen LogP contribution is -1.89. The quantitative estimate of drug-likeness (QED) is 0.673. The maximum atomic E-state index is 6.23. The van der Waals surface area contributed by atoms with E-state index in [-0.39, 0.29) is 0 Å². The number of pyridine rings is 1. The zero-order valence-corrected chi connectivity index (χ0v) is 11.3. The van der Waals surface area contributed by atoms with E-state index in [4.69, 9.17) is 23.2 Å². The molecule has 0 unspecified atom stereocenters. The standard InChI is InChI=1S/C11H8BrCl2N/c1-5-3-7-10(14)9(12)6(2)15-11(7)8(13)4-5/h3-4H,1-2H3. The molecule has 0 aliphatic heterocycles. The van der Waals surface area contributed by atoms with Gasteiger partial charge in [-0.15, -0.1) is 0 Å². The third kappa shape index (κ3) is 1.86. The lowest BCUT2D eigenvalue weighted by atomic mass is 10.1. The summed E-state index contributed by atoms with van der Waals surface area (Å²) >= 11 is 15.8. The molecule has 0 N–H and O–H groups in total. The van der Waals surface area contributed by atoms with Crippen molar-refractivity contribution in [3.05, 3.63) is 37.9 Å². The Morgan fingerprint density at radius 1 is 1.20 bits per heavy atom. The van der Waals surface area contributed by atoms with E-state index in [1.807, 2.05) is 26.0 Å². The molecule has 0 fully saturated rings. The van der Waals surface area contributed by atoms with Crippen LogP contribution in [-0.2, 0) is 0 Å². The first-order valence-corrected chi connectivity index (χ1v) is 5.97. The zero-order chi connectivity index (χ0) is 11.2. The second kappa shape index (κ2) is 3.93. The summed E-state index contributed by atoms with van der Waals surface area (Å²) in [6.07, 6.45) is 0. The average molecular weight is 305 g/mol. The maximum absolute atomic E-state index is 6.23. The minimum atomic E-state index is 0.641. The molecular formula is C11H8BrCl2N. The second-order valence-corrected chi connectivity index (χ2v) is 5.05. The molecule has 78 valence electrons. The third-order valence-corrected chi connectivity index (χ3v) is 4.11. The van der Waals surface area contributed by atoms with Gasteiger partial charge in [-0.1, -0.05) is 23.2 Å². The highest BCUT2D eigenvalue weighted by Crippen LogP contribution is 2.35. The number of fused-ring (bicyclic) bond motifs is 1. The number of nitrogens with zero attached hydrogens (tertiary/aromatic N) is 1. The Bertz CT molecular complexity index is 552. The molecule has 1 aromatic heterocycles. The smallest absolute Gasteiger partial charge is 0.0907 e. The van der Waals surface area contributed by atoms with Crippen LogP contribution >= 0.6 is 39.1 Å². The number of aryl methyl sites for hydroxylation is 2. The summed E-state index contributed by atoms with van der Waals surface area (Å²) in [6, 6.07) is 3.88. The van der Waals surface area contributed by atoms with Crippen molar-refractivity contribution in [3.8, 4) is 0 Å². The number of aromatic nitrogens is 1. The Kier molecular flexibility index (Phi) is 2.93. The fourth-order valence-corrected chi connectivity index (χ4v) is 2.41. The van der Waals surface area contributed by atoms with Gasteiger partial charge in [0.05, 0.1) is 25.7 Å². The van der Waals surface area contributed by atoms with Crippen LogP contribution in [0.1, 0.15) is 11.3 Å². The van der Waals surface area contributed by atoms with Crippen molar-refractivity contribution in [2.45, 2.75) is 13.8 Å². The van der Waals surface area contributed by atoms with E-state index < -0.39 is 0 Å². The lowest BCUT2D eigenvalue weighted by molar-refractivity contribution is 1.23. The van der Waals surface area contributed by atoms with Crippen molar-refractivity contribution in [1.29, 1.82) is 0 Å². The van der Waals surface area contributed by atoms with Crippen LogP contribution in [0.3, 0.4) is 0 Å². The van der Waals surface area contributed by atoms with Gasteiger partial charge in [-0.2, -0.15) is 0 Å².